The van der Waals surface area contributed by atoms with Gasteiger partial charge < -0.3 is 9.47 Å². The number of hydrogen-bond acceptors (Lipinski definition) is 5. The normalized spacial score (nSPS) is 25.7. The smallest absolute Gasteiger partial charge is 0.381 e. The predicted octanol–water partition coefficient (Wildman–Crippen LogP) is 4.33. The minimum atomic E-state index is -4.27. The monoisotopic (exact) mass is 414 g/mol. The second-order valence-corrected chi connectivity index (χ2v) is 8.26. The molecule has 0 amide bonds. The quantitative estimate of drug-likeness (QED) is 0.622. The van der Waals surface area contributed by atoms with E-state index in [-0.39, 0.29) is 11.9 Å². The maximum absolute atomic E-state index is 12.3. The van der Waals surface area contributed by atoms with E-state index in [4.69, 9.17) is 14.5 Å². The van der Waals surface area contributed by atoms with Crippen LogP contribution < -0.4 is 0 Å². The van der Waals surface area contributed by atoms with E-state index >= 15 is 0 Å². The molecule has 1 aromatic rings. The molecular formula is C21H29F3N2O3. The minimum absolute atomic E-state index is 0.0365. The molecule has 5 nitrogen and oxygen atoms in total. The Kier molecular flexibility index (Phi) is 7.62. The Hall–Kier alpha value is -1.54. The lowest BCUT2D eigenvalue weighted by atomic mass is 9.85. The molecule has 1 aliphatic carbocycles. The first kappa shape index (κ1) is 22.2. The maximum atomic E-state index is 12.3. The Morgan fingerprint density at radius 3 is 2.55 bits per heavy atom. The van der Waals surface area contributed by atoms with Crippen molar-refractivity contribution in [3.63, 3.8) is 0 Å². The van der Waals surface area contributed by atoms with Crippen molar-refractivity contribution in [1.82, 2.24) is 9.97 Å². The molecule has 3 rings (SSSR count). The zero-order valence-corrected chi connectivity index (χ0v) is 16.8. The molecule has 162 valence electrons. The van der Waals surface area contributed by atoms with Crippen LogP contribution in [0.5, 0.6) is 0 Å². The standard InChI is InChI=1S/C21H29F3N2O3/c1-14(27)18-11-25-20(26-19(18)9-16-3-2-8-28-12-16)10-15-4-6-17(7-5-15)29-13-21(22,23)24/h11,15-17H,2-10,12-13H2,1H3/t15?,16-,17?/m0/s1. The minimum Gasteiger partial charge on any atom is -0.381 e. The number of hydrogen-bond donors (Lipinski definition) is 0. The number of halogens is 3. The lowest BCUT2D eigenvalue weighted by Crippen LogP contribution is -2.28. The molecule has 0 unspecified atom stereocenters. The first-order valence-electron chi connectivity index (χ1n) is 10.4. The lowest BCUT2D eigenvalue weighted by Gasteiger charge is -2.28. The van der Waals surface area contributed by atoms with Gasteiger partial charge >= 0.3 is 6.18 Å². The first-order valence-corrected chi connectivity index (χ1v) is 10.4. The summed E-state index contributed by atoms with van der Waals surface area (Å²) in [5.74, 6) is 1.37. The molecule has 2 aliphatic rings. The van der Waals surface area contributed by atoms with E-state index in [1.807, 2.05) is 0 Å². The van der Waals surface area contributed by atoms with Crippen molar-refractivity contribution in [1.29, 1.82) is 0 Å². The second kappa shape index (κ2) is 9.98. The van der Waals surface area contributed by atoms with Crippen molar-refractivity contribution in [2.45, 2.75) is 70.6 Å². The average molecular weight is 414 g/mol. The molecule has 1 aliphatic heterocycles. The Labute approximate surface area is 169 Å². The summed E-state index contributed by atoms with van der Waals surface area (Å²) < 4.78 is 47.4. The number of aromatic nitrogens is 2. The summed E-state index contributed by atoms with van der Waals surface area (Å²) in [6.45, 7) is 1.84. The van der Waals surface area contributed by atoms with Crippen molar-refractivity contribution in [3.8, 4) is 0 Å². The van der Waals surface area contributed by atoms with Crippen LogP contribution in [0.25, 0.3) is 0 Å². The van der Waals surface area contributed by atoms with E-state index in [9.17, 15) is 18.0 Å². The zero-order valence-electron chi connectivity index (χ0n) is 16.8. The molecule has 2 heterocycles. The number of ether oxygens (including phenoxy) is 2. The van der Waals surface area contributed by atoms with Gasteiger partial charge in [-0.2, -0.15) is 13.2 Å². The SMILES string of the molecule is CC(=O)c1cnc(CC2CCC(OCC(F)(F)F)CC2)nc1C[C@@H]1CCCOC1. The van der Waals surface area contributed by atoms with E-state index in [2.05, 4.69) is 4.98 Å². The van der Waals surface area contributed by atoms with Crippen LogP contribution in [0.4, 0.5) is 13.2 Å². The van der Waals surface area contributed by atoms with Crippen LogP contribution in [-0.2, 0) is 22.3 Å². The zero-order chi connectivity index (χ0) is 20.9. The number of rotatable bonds is 7. The number of Topliss-reactive ketones (excluding diaryl/α,β-unsaturated/α-hetero) is 1. The van der Waals surface area contributed by atoms with Crippen LogP contribution >= 0.6 is 0 Å². The molecular weight excluding hydrogens is 385 g/mol. The predicted molar refractivity (Wildman–Crippen MR) is 101 cm³/mol. The fourth-order valence-corrected chi connectivity index (χ4v) is 4.22. The van der Waals surface area contributed by atoms with Gasteiger partial charge in [0.25, 0.3) is 0 Å². The van der Waals surface area contributed by atoms with Crippen molar-refractivity contribution in [2.75, 3.05) is 19.8 Å². The van der Waals surface area contributed by atoms with E-state index < -0.39 is 12.8 Å². The van der Waals surface area contributed by atoms with Gasteiger partial charge in [0.15, 0.2) is 5.78 Å². The summed E-state index contributed by atoms with van der Waals surface area (Å²) >= 11 is 0. The highest BCUT2D eigenvalue weighted by molar-refractivity contribution is 5.94. The number of ketones is 1. The number of carbonyl (C=O) groups excluding carboxylic acids is 1. The van der Waals surface area contributed by atoms with Crippen LogP contribution in [0, 0.1) is 11.8 Å². The Morgan fingerprint density at radius 2 is 1.93 bits per heavy atom. The average Bonchev–Trinajstić information content (AvgIpc) is 2.68. The third kappa shape index (κ3) is 7.03. The van der Waals surface area contributed by atoms with E-state index in [1.165, 1.54) is 6.92 Å². The number of nitrogens with zero attached hydrogens (tertiary/aromatic N) is 2. The van der Waals surface area contributed by atoms with Gasteiger partial charge in [-0.15, -0.1) is 0 Å². The first-order chi connectivity index (χ1) is 13.8. The Balaban J connectivity index is 1.57. The maximum Gasteiger partial charge on any atom is 0.411 e. The molecule has 8 heteroatoms. The van der Waals surface area contributed by atoms with Crippen LogP contribution in [0.1, 0.15) is 67.3 Å². The van der Waals surface area contributed by atoms with Gasteiger partial charge in [0.2, 0.25) is 0 Å². The van der Waals surface area contributed by atoms with Crippen LogP contribution in [0.2, 0.25) is 0 Å². The highest BCUT2D eigenvalue weighted by Crippen LogP contribution is 2.30. The van der Waals surface area contributed by atoms with Crippen LogP contribution in [-0.4, -0.2) is 47.9 Å². The third-order valence-electron chi connectivity index (χ3n) is 5.78. The lowest BCUT2D eigenvalue weighted by molar-refractivity contribution is -0.188. The molecule has 2 fully saturated rings. The van der Waals surface area contributed by atoms with Crippen LogP contribution in [0.3, 0.4) is 0 Å². The van der Waals surface area contributed by atoms with Gasteiger partial charge in [-0.25, -0.2) is 9.97 Å². The van der Waals surface area contributed by atoms with Gasteiger partial charge in [-0.3, -0.25) is 4.79 Å². The summed E-state index contributed by atoms with van der Waals surface area (Å²) in [4.78, 5) is 21.1. The summed E-state index contributed by atoms with van der Waals surface area (Å²) in [6, 6.07) is 0. The van der Waals surface area contributed by atoms with Crippen molar-refractivity contribution in [2.24, 2.45) is 11.8 Å². The molecule has 0 aromatic carbocycles. The molecule has 29 heavy (non-hydrogen) atoms. The van der Waals surface area contributed by atoms with E-state index in [1.54, 1.807) is 6.20 Å². The summed E-state index contributed by atoms with van der Waals surface area (Å²) in [5, 5.41) is 0. The highest BCUT2D eigenvalue weighted by Gasteiger charge is 2.31. The third-order valence-corrected chi connectivity index (χ3v) is 5.78. The molecule has 0 N–H and O–H groups in total. The van der Waals surface area contributed by atoms with E-state index in [0.717, 1.165) is 38.0 Å². The van der Waals surface area contributed by atoms with Crippen LogP contribution in [0.15, 0.2) is 6.20 Å². The molecule has 0 radical (unpaired) electrons. The Bertz CT molecular complexity index is 682. The van der Waals surface area contributed by atoms with Crippen molar-refractivity contribution in [3.05, 3.63) is 23.3 Å². The number of alkyl halides is 3. The van der Waals surface area contributed by atoms with Gasteiger partial charge in [0.1, 0.15) is 12.4 Å². The summed E-state index contributed by atoms with van der Waals surface area (Å²) in [5.41, 5.74) is 1.36. The topological polar surface area (TPSA) is 61.3 Å². The fraction of sp³-hybridized carbons (Fsp3) is 0.762. The largest absolute Gasteiger partial charge is 0.411 e. The highest BCUT2D eigenvalue weighted by atomic mass is 19.4. The molecule has 1 aromatic heterocycles. The van der Waals surface area contributed by atoms with E-state index in [0.29, 0.717) is 55.5 Å². The molecule has 1 saturated heterocycles. The van der Waals surface area contributed by atoms with Gasteiger partial charge in [0, 0.05) is 25.8 Å². The van der Waals surface area contributed by atoms with Crippen molar-refractivity contribution < 1.29 is 27.4 Å². The summed E-state index contributed by atoms with van der Waals surface area (Å²) in [7, 11) is 0. The van der Waals surface area contributed by atoms with Gasteiger partial charge in [-0.05, 0) is 63.7 Å². The summed E-state index contributed by atoms with van der Waals surface area (Å²) in [6.07, 6.45) is 3.35. The Morgan fingerprint density at radius 1 is 1.17 bits per heavy atom. The fourth-order valence-electron chi connectivity index (χ4n) is 4.22. The second-order valence-electron chi connectivity index (χ2n) is 8.26. The number of carbonyl (C=O) groups is 1. The van der Waals surface area contributed by atoms with Crippen molar-refractivity contribution >= 4 is 5.78 Å². The molecule has 0 spiro atoms. The van der Waals surface area contributed by atoms with Gasteiger partial charge in [-0.1, -0.05) is 0 Å². The molecule has 1 saturated carbocycles. The van der Waals surface area contributed by atoms with Gasteiger partial charge in [0.05, 0.1) is 17.4 Å². The molecule has 1 atom stereocenters. The molecule has 0 bridgehead atoms.